The molecular weight excluding hydrogens is 220 g/mol. The molecule has 0 bridgehead atoms. The van der Waals surface area contributed by atoms with E-state index in [0.717, 1.165) is 24.3 Å². The lowest BCUT2D eigenvalue weighted by Gasteiger charge is -2.37. The van der Waals surface area contributed by atoms with E-state index in [1.54, 1.807) is 0 Å². The number of rotatable bonds is 3. The highest BCUT2D eigenvalue weighted by Crippen LogP contribution is 2.42. The Morgan fingerprint density at radius 3 is 2.50 bits per heavy atom. The molecular formula is C17H26O. The highest BCUT2D eigenvalue weighted by atomic mass is 16.3. The largest absolute Gasteiger partial charge is 0.385 e. The average Bonchev–Trinajstić information content (AvgIpc) is 2.36. The maximum Gasteiger partial charge on any atom is 0.0899 e. The molecule has 0 unspecified atom stereocenters. The van der Waals surface area contributed by atoms with Crippen LogP contribution in [0, 0.1) is 19.8 Å². The Kier molecular flexibility index (Phi) is 4.11. The van der Waals surface area contributed by atoms with Crippen LogP contribution in [0.15, 0.2) is 18.2 Å². The Labute approximate surface area is 111 Å². The van der Waals surface area contributed by atoms with Crippen molar-refractivity contribution in [3.63, 3.8) is 0 Å². The van der Waals surface area contributed by atoms with Crippen molar-refractivity contribution < 1.29 is 5.11 Å². The lowest BCUT2D eigenvalue weighted by Crippen LogP contribution is -2.32. The van der Waals surface area contributed by atoms with Crippen LogP contribution in [0.4, 0.5) is 0 Å². The van der Waals surface area contributed by atoms with Crippen LogP contribution >= 0.6 is 0 Å². The van der Waals surface area contributed by atoms with Crippen LogP contribution in [-0.2, 0) is 5.60 Å². The maximum atomic E-state index is 10.9. The Bertz CT molecular complexity index is 400. The van der Waals surface area contributed by atoms with Crippen LogP contribution in [0.5, 0.6) is 0 Å². The third-order valence-electron chi connectivity index (χ3n) is 4.74. The summed E-state index contributed by atoms with van der Waals surface area (Å²) in [6, 6.07) is 6.32. The van der Waals surface area contributed by atoms with Gasteiger partial charge in [0.25, 0.3) is 0 Å². The summed E-state index contributed by atoms with van der Waals surface area (Å²) >= 11 is 0. The van der Waals surface area contributed by atoms with Gasteiger partial charge >= 0.3 is 0 Å². The molecule has 0 aromatic heterocycles. The first kappa shape index (κ1) is 13.6. The van der Waals surface area contributed by atoms with Crippen molar-refractivity contribution in [2.45, 2.75) is 64.9 Å². The van der Waals surface area contributed by atoms with Crippen molar-refractivity contribution in [2.24, 2.45) is 5.92 Å². The quantitative estimate of drug-likeness (QED) is 0.833. The van der Waals surface area contributed by atoms with Gasteiger partial charge in [0, 0.05) is 0 Å². The van der Waals surface area contributed by atoms with Crippen LogP contribution < -0.4 is 0 Å². The molecule has 0 atom stereocenters. The van der Waals surface area contributed by atoms with Gasteiger partial charge in [0.15, 0.2) is 0 Å². The summed E-state index contributed by atoms with van der Waals surface area (Å²) in [7, 11) is 0. The van der Waals surface area contributed by atoms with Gasteiger partial charge in [-0.05, 0) is 62.1 Å². The first-order valence-corrected chi connectivity index (χ1v) is 7.36. The lowest BCUT2D eigenvalue weighted by molar-refractivity contribution is -0.0157. The summed E-state index contributed by atoms with van der Waals surface area (Å²) in [5.74, 6) is 0.834. The number of aliphatic hydroxyl groups is 1. The van der Waals surface area contributed by atoms with Gasteiger partial charge in [-0.1, -0.05) is 38.0 Å². The Morgan fingerprint density at radius 1 is 1.22 bits per heavy atom. The van der Waals surface area contributed by atoms with E-state index in [0.29, 0.717) is 0 Å². The first-order valence-electron chi connectivity index (χ1n) is 7.36. The highest BCUT2D eigenvalue weighted by Gasteiger charge is 2.35. The molecule has 18 heavy (non-hydrogen) atoms. The molecule has 0 spiro atoms. The molecule has 1 saturated carbocycles. The Hall–Kier alpha value is -0.820. The summed E-state index contributed by atoms with van der Waals surface area (Å²) in [4.78, 5) is 0. The van der Waals surface area contributed by atoms with Crippen LogP contribution in [0.2, 0.25) is 0 Å². The van der Waals surface area contributed by atoms with Gasteiger partial charge in [-0.15, -0.1) is 0 Å². The van der Waals surface area contributed by atoms with E-state index < -0.39 is 5.60 Å². The van der Waals surface area contributed by atoms with E-state index in [2.05, 4.69) is 39.0 Å². The van der Waals surface area contributed by atoms with E-state index in [1.807, 2.05) is 0 Å². The molecule has 0 heterocycles. The van der Waals surface area contributed by atoms with Gasteiger partial charge in [-0.2, -0.15) is 0 Å². The molecule has 0 amide bonds. The molecule has 2 rings (SSSR count). The monoisotopic (exact) mass is 246 g/mol. The second kappa shape index (κ2) is 5.44. The fourth-order valence-corrected chi connectivity index (χ4v) is 3.38. The SMILES string of the molecule is CCCC1CCC(O)(c2cccc(C)c2C)CC1. The van der Waals surface area contributed by atoms with E-state index in [4.69, 9.17) is 0 Å². The lowest BCUT2D eigenvalue weighted by atomic mass is 9.72. The fraction of sp³-hybridized carbons (Fsp3) is 0.647. The van der Waals surface area contributed by atoms with Crippen LogP contribution in [0.3, 0.4) is 0 Å². The van der Waals surface area contributed by atoms with Crippen molar-refractivity contribution in [3.8, 4) is 0 Å². The molecule has 1 heteroatoms. The molecule has 0 saturated heterocycles. The van der Waals surface area contributed by atoms with Crippen LogP contribution in [0.25, 0.3) is 0 Å². The van der Waals surface area contributed by atoms with Crippen LogP contribution in [-0.4, -0.2) is 5.11 Å². The fourth-order valence-electron chi connectivity index (χ4n) is 3.38. The second-order valence-corrected chi connectivity index (χ2v) is 6.01. The summed E-state index contributed by atoms with van der Waals surface area (Å²) in [5.41, 5.74) is 3.16. The van der Waals surface area contributed by atoms with E-state index >= 15 is 0 Å². The first-order chi connectivity index (χ1) is 8.57. The predicted octanol–water partition coefficient (Wildman–Crippen LogP) is 4.48. The van der Waals surface area contributed by atoms with Crippen LogP contribution in [0.1, 0.15) is 62.1 Å². The average molecular weight is 246 g/mol. The summed E-state index contributed by atoms with van der Waals surface area (Å²) in [6.07, 6.45) is 6.81. The minimum absolute atomic E-state index is 0.569. The molecule has 1 aromatic carbocycles. The minimum atomic E-state index is -0.569. The second-order valence-electron chi connectivity index (χ2n) is 6.01. The van der Waals surface area contributed by atoms with Gasteiger partial charge in [0.1, 0.15) is 0 Å². The Balaban J connectivity index is 2.16. The van der Waals surface area contributed by atoms with Crippen molar-refractivity contribution in [1.29, 1.82) is 0 Å². The maximum absolute atomic E-state index is 10.9. The topological polar surface area (TPSA) is 20.2 Å². The highest BCUT2D eigenvalue weighted by molar-refractivity contribution is 5.37. The van der Waals surface area contributed by atoms with Crippen molar-refractivity contribution in [1.82, 2.24) is 0 Å². The normalized spacial score (nSPS) is 28.3. The van der Waals surface area contributed by atoms with Crippen molar-refractivity contribution in [3.05, 3.63) is 34.9 Å². The predicted molar refractivity (Wildman–Crippen MR) is 76.7 cm³/mol. The molecule has 0 aliphatic heterocycles. The molecule has 0 radical (unpaired) electrons. The molecule has 1 aromatic rings. The van der Waals surface area contributed by atoms with E-state index in [-0.39, 0.29) is 0 Å². The van der Waals surface area contributed by atoms with Gasteiger partial charge < -0.3 is 5.11 Å². The molecule has 1 aliphatic carbocycles. The third kappa shape index (κ3) is 2.61. The summed E-state index contributed by atoms with van der Waals surface area (Å²) < 4.78 is 0. The summed E-state index contributed by atoms with van der Waals surface area (Å²) in [6.45, 7) is 6.52. The van der Waals surface area contributed by atoms with E-state index in [9.17, 15) is 5.11 Å². The van der Waals surface area contributed by atoms with Gasteiger partial charge in [-0.3, -0.25) is 0 Å². The van der Waals surface area contributed by atoms with Gasteiger partial charge in [-0.25, -0.2) is 0 Å². The number of benzene rings is 1. The standard InChI is InChI=1S/C17H26O/c1-4-6-15-9-11-17(18,12-10-15)16-8-5-7-13(2)14(16)3/h5,7-8,15,18H,4,6,9-12H2,1-3H3. The number of aryl methyl sites for hydroxylation is 1. The molecule has 1 fully saturated rings. The van der Waals surface area contributed by atoms with Crippen molar-refractivity contribution in [2.75, 3.05) is 0 Å². The zero-order valence-electron chi connectivity index (χ0n) is 12.0. The number of hydrogen-bond donors (Lipinski definition) is 1. The van der Waals surface area contributed by atoms with Gasteiger partial charge in [0.05, 0.1) is 5.60 Å². The Morgan fingerprint density at radius 2 is 1.89 bits per heavy atom. The minimum Gasteiger partial charge on any atom is -0.385 e. The van der Waals surface area contributed by atoms with E-state index in [1.165, 1.54) is 36.8 Å². The molecule has 100 valence electrons. The smallest absolute Gasteiger partial charge is 0.0899 e. The molecule has 1 N–H and O–H groups in total. The third-order valence-corrected chi connectivity index (χ3v) is 4.74. The molecule has 1 nitrogen and oxygen atoms in total. The zero-order chi connectivity index (χ0) is 13.2. The zero-order valence-corrected chi connectivity index (χ0v) is 12.0. The van der Waals surface area contributed by atoms with Gasteiger partial charge in [0.2, 0.25) is 0 Å². The number of hydrogen-bond acceptors (Lipinski definition) is 1. The molecule has 1 aliphatic rings. The van der Waals surface area contributed by atoms with Crippen molar-refractivity contribution >= 4 is 0 Å². The summed E-state index contributed by atoms with van der Waals surface area (Å²) in [5, 5.41) is 10.9.